The van der Waals surface area contributed by atoms with Gasteiger partial charge < -0.3 is 5.32 Å². The van der Waals surface area contributed by atoms with Gasteiger partial charge in [-0.15, -0.1) is 23.1 Å². The highest BCUT2D eigenvalue weighted by Crippen LogP contribution is 2.29. The summed E-state index contributed by atoms with van der Waals surface area (Å²) in [6.45, 7) is 0. The largest absolute Gasteiger partial charge is 0.342 e. The quantitative estimate of drug-likeness (QED) is 0.641. The summed E-state index contributed by atoms with van der Waals surface area (Å²) >= 11 is 3.18. The third kappa shape index (κ3) is 0.839. The Kier molecular flexibility index (Phi) is 1.43. The molecule has 0 saturated heterocycles. The van der Waals surface area contributed by atoms with Crippen LogP contribution in [0, 0.1) is 0 Å². The van der Waals surface area contributed by atoms with Gasteiger partial charge in [-0.05, 0) is 11.4 Å². The number of fused-ring (bicyclic) bond motifs is 1. The molecule has 0 bridgehead atoms. The van der Waals surface area contributed by atoms with Gasteiger partial charge in [-0.25, -0.2) is 0 Å². The summed E-state index contributed by atoms with van der Waals surface area (Å²) in [6.07, 6.45) is 0. The van der Waals surface area contributed by atoms with Crippen LogP contribution < -0.4 is 5.32 Å². The molecule has 1 aromatic rings. The summed E-state index contributed by atoms with van der Waals surface area (Å²) in [5, 5.41) is 4.71. The first-order valence-corrected chi connectivity index (χ1v) is 4.73. The second-order valence-electron chi connectivity index (χ2n) is 1.91. The van der Waals surface area contributed by atoms with E-state index in [-0.39, 0.29) is 5.91 Å². The highest BCUT2D eigenvalue weighted by Gasteiger charge is 2.17. The van der Waals surface area contributed by atoms with E-state index in [1.54, 1.807) is 11.8 Å². The fourth-order valence-corrected chi connectivity index (χ4v) is 2.69. The monoisotopic (exact) mass is 171 g/mol. The Morgan fingerprint density at radius 1 is 1.60 bits per heavy atom. The molecule has 0 spiro atoms. The summed E-state index contributed by atoms with van der Waals surface area (Å²) in [7, 11) is 0. The molecule has 52 valence electrons. The second-order valence-corrected chi connectivity index (χ2v) is 3.84. The maximum atomic E-state index is 11.0. The van der Waals surface area contributed by atoms with Gasteiger partial charge in [0.2, 0.25) is 0 Å². The number of amides is 1. The maximum absolute atomic E-state index is 11.0. The molecule has 0 aromatic carbocycles. The van der Waals surface area contributed by atoms with E-state index in [2.05, 4.69) is 5.32 Å². The van der Waals surface area contributed by atoms with Crippen molar-refractivity contribution in [2.75, 3.05) is 5.88 Å². The fraction of sp³-hybridized carbons (Fsp3) is 0.167. The fourth-order valence-electron chi connectivity index (χ4n) is 0.836. The zero-order chi connectivity index (χ0) is 6.97. The van der Waals surface area contributed by atoms with E-state index in [0.29, 0.717) is 5.88 Å². The summed E-state index contributed by atoms with van der Waals surface area (Å²) < 4.78 is 0. The zero-order valence-electron chi connectivity index (χ0n) is 5.09. The molecule has 1 N–H and O–H groups in total. The number of carbonyl (C=O) groups excluding carboxylic acids is 1. The molecule has 2 heterocycles. The molecule has 0 radical (unpaired) electrons. The van der Waals surface area contributed by atoms with Gasteiger partial charge in [-0.2, -0.15) is 0 Å². The van der Waals surface area contributed by atoms with Crippen LogP contribution in [0.5, 0.6) is 0 Å². The van der Waals surface area contributed by atoms with Crippen molar-refractivity contribution < 1.29 is 4.79 Å². The molecule has 4 heteroatoms. The molecular formula is C6H5NOS2. The van der Waals surface area contributed by atoms with E-state index in [4.69, 9.17) is 0 Å². The molecule has 0 atom stereocenters. The Bertz CT molecular complexity index is 268. The van der Waals surface area contributed by atoms with Crippen LogP contribution in [0.3, 0.4) is 0 Å². The Morgan fingerprint density at radius 3 is 3.30 bits per heavy atom. The molecule has 2 nitrogen and oxygen atoms in total. The highest BCUT2D eigenvalue weighted by molar-refractivity contribution is 7.99. The minimum Gasteiger partial charge on any atom is -0.342 e. The van der Waals surface area contributed by atoms with Crippen LogP contribution in [0.4, 0.5) is 0 Å². The van der Waals surface area contributed by atoms with Crippen molar-refractivity contribution in [3.05, 3.63) is 16.3 Å². The highest BCUT2D eigenvalue weighted by atomic mass is 32.2. The number of carbonyl (C=O) groups is 1. The SMILES string of the molecule is O=C1NCSc2ccsc21. The molecular weight excluding hydrogens is 166 g/mol. The second kappa shape index (κ2) is 2.29. The molecule has 1 aliphatic rings. The van der Waals surface area contributed by atoms with Crippen molar-refractivity contribution in [1.29, 1.82) is 0 Å². The first-order valence-electron chi connectivity index (χ1n) is 2.86. The number of hydrogen-bond donors (Lipinski definition) is 1. The minimum absolute atomic E-state index is 0.0729. The van der Waals surface area contributed by atoms with Crippen LogP contribution in [0.25, 0.3) is 0 Å². The van der Waals surface area contributed by atoms with Gasteiger partial charge in [-0.3, -0.25) is 4.79 Å². The zero-order valence-corrected chi connectivity index (χ0v) is 6.72. The van der Waals surface area contributed by atoms with Crippen LogP contribution in [-0.4, -0.2) is 11.8 Å². The van der Waals surface area contributed by atoms with Crippen LogP contribution in [0.2, 0.25) is 0 Å². The van der Waals surface area contributed by atoms with Crippen LogP contribution in [0.1, 0.15) is 9.67 Å². The normalized spacial score (nSPS) is 16.2. The van der Waals surface area contributed by atoms with Gasteiger partial charge in [0.15, 0.2) is 0 Å². The number of rotatable bonds is 0. The van der Waals surface area contributed by atoms with E-state index >= 15 is 0 Å². The smallest absolute Gasteiger partial charge is 0.263 e. The van der Waals surface area contributed by atoms with Crippen molar-refractivity contribution in [3.8, 4) is 0 Å². The van der Waals surface area contributed by atoms with Crippen molar-refractivity contribution in [1.82, 2.24) is 5.32 Å². The molecule has 1 aliphatic heterocycles. The first-order chi connectivity index (χ1) is 4.88. The average Bonchev–Trinajstić information content (AvgIpc) is 2.36. The lowest BCUT2D eigenvalue weighted by Crippen LogP contribution is -2.25. The summed E-state index contributed by atoms with van der Waals surface area (Å²) in [4.78, 5) is 13.0. The van der Waals surface area contributed by atoms with Gasteiger partial charge in [0.1, 0.15) is 4.88 Å². The molecule has 0 aliphatic carbocycles. The van der Waals surface area contributed by atoms with E-state index in [9.17, 15) is 4.79 Å². The predicted molar refractivity (Wildman–Crippen MR) is 42.5 cm³/mol. The third-order valence-corrected chi connectivity index (χ3v) is 3.28. The van der Waals surface area contributed by atoms with E-state index < -0.39 is 0 Å². The van der Waals surface area contributed by atoms with Crippen molar-refractivity contribution in [3.63, 3.8) is 0 Å². The molecule has 1 aromatic heterocycles. The summed E-state index contributed by atoms with van der Waals surface area (Å²) in [6, 6.07) is 1.99. The Labute approximate surface area is 66.6 Å². The van der Waals surface area contributed by atoms with Gasteiger partial charge >= 0.3 is 0 Å². The van der Waals surface area contributed by atoms with Gasteiger partial charge in [0, 0.05) is 4.90 Å². The molecule has 0 saturated carbocycles. The van der Waals surface area contributed by atoms with Crippen molar-refractivity contribution in [2.45, 2.75) is 4.90 Å². The van der Waals surface area contributed by atoms with E-state index in [1.807, 2.05) is 11.4 Å². The first kappa shape index (κ1) is 6.24. The average molecular weight is 171 g/mol. The van der Waals surface area contributed by atoms with Gasteiger partial charge in [-0.1, -0.05) is 0 Å². The van der Waals surface area contributed by atoms with Crippen LogP contribution >= 0.6 is 23.1 Å². The predicted octanol–water partition coefficient (Wildman–Crippen LogP) is 1.54. The van der Waals surface area contributed by atoms with Crippen LogP contribution in [0.15, 0.2) is 16.3 Å². The minimum atomic E-state index is 0.0729. The number of thiophene rings is 1. The van der Waals surface area contributed by atoms with Gasteiger partial charge in [0.05, 0.1) is 5.88 Å². The third-order valence-electron chi connectivity index (χ3n) is 1.30. The Balaban J connectivity index is 2.50. The Hall–Kier alpha value is -0.480. The summed E-state index contributed by atoms with van der Waals surface area (Å²) in [5.74, 6) is 0.784. The lowest BCUT2D eigenvalue weighted by molar-refractivity contribution is 0.0960. The number of hydrogen-bond acceptors (Lipinski definition) is 3. The molecule has 1 amide bonds. The topological polar surface area (TPSA) is 29.1 Å². The van der Waals surface area contributed by atoms with Crippen molar-refractivity contribution in [2.24, 2.45) is 0 Å². The molecule has 0 unspecified atom stereocenters. The standard InChI is InChI=1S/C6H5NOS2/c8-6-5-4(1-2-9-5)10-3-7-6/h1-2H,3H2,(H,7,8). The van der Waals surface area contributed by atoms with Crippen molar-refractivity contribution >= 4 is 29.0 Å². The van der Waals surface area contributed by atoms with Gasteiger partial charge in [0.25, 0.3) is 5.91 Å². The van der Waals surface area contributed by atoms with E-state index in [1.165, 1.54) is 11.3 Å². The number of thioether (sulfide) groups is 1. The molecule has 2 rings (SSSR count). The van der Waals surface area contributed by atoms with Crippen LogP contribution in [-0.2, 0) is 0 Å². The lowest BCUT2D eigenvalue weighted by Gasteiger charge is -2.10. The lowest BCUT2D eigenvalue weighted by atomic mass is 10.4. The summed E-state index contributed by atoms with van der Waals surface area (Å²) in [5.41, 5.74) is 0. The molecule has 0 fully saturated rings. The number of nitrogens with one attached hydrogen (secondary N) is 1. The van der Waals surface area contributed by atoms with E-state index in [0.717, 1.165) is 9.77 Å². The molecule has 10 heavy (non-hydrogen) atoms. The maximum Gasteiger partial charge on any atom is 0.263 e. The Morgan fingerprint density at radius 2 is 2.50 bits per heavy atom.